The van der Waals surface area contributed by atoms with E-state index < -0.39 is 0 Å². The van der Waals surface area contributed by atoms with E-state index in [2.05, 4.69) is 36.5 Å². The molecule has 0 saturated carbocycles. The summed E-state index contributed by atoms with van der Waals surface area (Å²) in [6.07, 6.45) is 3.89. The van der Waals surface area contributed by atoms with Crippen LogP contribution in [0.15, 0.2) is 29.3 Å². The molecule has 2 aromatic rings. The molecule has 1 aromatic heterocycles. The second-order valence-corrected chi connectivity index (χ2v) is 4.63. The molecule has 0 amide bonds. The number of nitrogen functional groups attached to an aromatic ring is 1. The zero-order valence-electron chi connectivity index (χ0n) is 9.69. The smallest absolute Gasteiger partial charge is 0.129 e. The number of hydrogen-bond donors (Lipinski definition) is 1. The predicted molar refractivity (Wildman–Crippen MR) is 69.6 cm³/mol. The topological polar surface area (TPSA) is 43.8 Å². The van der Waals surface area contributed by atoms with Gasteiger partial charge in [0, 0.05) is 17.5 Å². The second-order valence-electron chi connectivity index (χ2n) is 3.75. The average Bonchev–Trinajstić information content (AvgIpc) is 2.60. The number of aryl methyl sites for hydroxylation is 2. The van der Waals surface area contributed by atoms with Crippen molar-refractivity contribution in [1.82, 2.24) is 9.78 Å². The third-order valence-electron chi connectivity index (χ3n) is 2.71. The van der Waals surface area contributed by atoms with Crippen LogP contribution in [0, 0.1) is 6.92 Å². The van der Waals surface area contributed by atoms with Crippen molar-refractivity contribution in [2.45, 2.75) is 11.8 Å². The number of hydrogen-bond acceptors (Lipinski definition) is 3. The summed E-state index contributed by atoms with van der Waals surface area (Å²) in [5.41, 5.74) is 9.36. The van der Waals surface area contributed by atoms with E-state index in [1.54, 1.807) is 16.4 Å². The fraction of sp³-hybridized carbons (Fsp3) is 0.250. The highest BCUT2D eigenvalue weighted by Crippen LogP contribution is 2.30. The monoisotopic (exact) mass is 233 g/mol. The lowest BCUT2D eigenvalue weighted by atomic mass is 10.0. The molecule has 0 aliphatic heterocycles. The lowest BCUT2D eigenvalue weighted by Gasteiger charge is -2.06. The maximum absolute atomic E-state index is 5.97. The first kappa shape index (κ1) is 11.1. The predicted octanol–water partition coefficient (Wildman–Crippen LogP) is 2.70. The molecule has 1 aromatic carbocycles. The Labute approximate surface area is 99.7 Å². The number of anilines is 1. The summed E-state index contributed by atoms with van der Waals surface area (Å²) < 4.78 is 1.69. The van der Waals surface area contributed by atoms with Gasteiger partial charge in [0.15, 0.2) is 0 Å². The average molecular weight is 233 g/mol. The van der Waals surface area contributed by atoms with Gasteiger partial charge < -0.3 is 5.73 Å². The van der Waals surface area contributed by atoms with Crippen LogP contribution in [0.3, 0.4) is 0 Å². The molecule has 0 saturated heterocycles. The third kappa shape index (κ3) is 1.80. The molecular formula is C12H15N3S. The minimum absolute atomic E-state index is 0.708. The molecule has 84 valence electrons. The standard InChI is InChI=1S/C12H15N3S/c1-8-6-9(16-3)4-5-10(8)11-7-14-15(2)12(11)13/h4-7H,13H2,1-3H3. The molecule has 16 heavy (non-hydrogen) atoms. The Morgan fingerprint density at radius 2 is 2.06 bits per heavy atom. The Kier molecular flexibility index (Phi) is 2.92. The van der Waals surface area contributed by atoms with E-state index in [0.717, 1.165) is 11.1 Å². The lowest BCUT2D eigenvalue weighted by Crippen LogP contribution is -1.98. The van der Waals surface area contributed by atoms with Gasteiger partial charge in [0.1, 0.15) is 5.82 Å². The molecule has 4 heteroatoms. The summed E-state index contributed by atoms with van der Waals surface area (Å²) in [6.45, 7) is 2.10. The van der Waals surface area contributed by atoms with Crippen molar-refractivity contribution in [2.75, 3.05) is 12.0 Å². The molecule has 0 aliphatic carbocycles. The van der Waals surface area contributed by atoms with E-state index in [1.807, 2.05) is 13.2 Å². The van der Waals surface area contributed by atoms with Gasteiger partial charge in [-0.2, -0.15) is 5.10 Å². The lowest BCUT2D eigenvalue weighted by molar-refractivity contribution is 0.779. The molecule has 1 heterocycles. The first-order valence-corrected chi connectivity index (χ1v) is 6.28. The van der Waals surface area contributed by atoms with Crippen LogP contribution in [0.25, 0.3) is 11.1 Å². The molecule has 0 spiro atoms. The Balaban J connectivity index is 2.52. The summed E-state index contributed by atoms with van der Waals surface area (Å²) in [6, 6.07) is 6.39. The van der Waals surface area contributed by atoms with Gasteiger partial charge in [0.2, 0.25) is 0 Å². The number of aromatic nitrogens is 2. The van der Waals surface area contributed by atoms with Crippen LogP contribution >= 0.6 is 11.8 Å². The SMILES string of the molecule is CSc1ccc(-c2cnn(C)c2N)c(C)c1. The van der Waals surface area contributed by atoms with Gasteiger partial charge in [-0.25, -0.2) is 0 Å². The van der Waals surface area contributed by atoms with Crippen molar-refractivity contribution in [1.29, 1.82) is 0 Å². The fourth-order valence-corrected chi connectivity index (χ4v) is 2.22. The van der Waals surface area contributed by atoms with Crippen LogP contribution in [0.2, 0.25) is 0 Å². The number of nitrogens with zero attached hydrogens (tertiary/aromatic N) is 2. The van der Waals surface area contributed by atoms with Crippen molar-refractivity contribution < 1.29 is 0 Å². The van der Waals surface area contributed by atoms with Crippen LogP contribution in [0.5, 0.6) is 0 Å². The van der Waals surface area contributed by atoms with Crippen molar-refractivity contribution in [3.05, 3.63) is 30.0 Å². The van der Waals surface area contributed by atoms with Crippen LogP contribution < -0.4 is 5.73 Å². The Hall–Kier alpha value is -1.42. The highest BCUT2D eigenvalue weighted by molar-refractivity contribution is 7.98. The Morgan fingerprint density at radius 1 is 1.31 bits per heavy atom. The van der Waals surface area contributed by atoms with E-state index in [0.29, 0.717) is 5.82 Å². The molecule has 0 bridgehead atoms. The van der Waals surface area contributed by atoms with Gasteiger partial charge in [-0.1, -0.05) is 6.07 Å². The summed E-state index contributed by atoms with van der Waals surface area (Å²) in [5, 5.41) is 4.16. The van der Waals surface area contributed by atoms with Crippen LogP contribution in [-0.2, 0) is 7.05 Å². The number of nitrogens with two attached hydrogens (primary N) is 1. The number of rotatable bonds is 2. The van der Waals surface area contributed by atoms with Crippen molar-refractivity contribution in [3.63, 3.8) is 0 Å². The Morgan fingerprint density at radius 3 is 2.56 bits per heavy atom. The molecule has 0 radical (unpaired) electrons. The van der Waals surface area contributed by atoms with E-state index >= 15 is 0 Å². The van der Waals surface area contributed by atoms with Gasteiger partial charge in [0.05, 0.1) is 6.20 Å². The van der Waals surface area contributed by atoms with E-state index in [-0.39, 0.29) is 0 Å². The quantitative estimate of drug-likeness (QED) is 0.811. The maximum Gasteiger partial charge on any atom is 0.129 e. The maximum atomic E-state index is 5.97. The molecule has 0 atom stereocenters. The van der Waals surface area contributed by atoms with Crippen LogP contribution in [0.4, 0.5) is 5.82 Å². The van der Waals surface area contributed by atoms with Gasteiger partial charge in [-0.05, 0) is 36.4 Å². The summed E-state index contributed by atoms with van der Waals surface area (Å²) in [5.74, 6) is 0.708. The molecule has 2 rings (SSSR count). The van der Waals surface area contributed by atoms with Gasteiger partial charge >= 0.3 is 0 Å². The van der Waals surface area contributed by atoms with Crippen molar-refractivity contribution in [3.8, 4) is 11.1 Å². The number of thioether (sulfide) groups is 1. The summed E-state index contributed by atoms with van der Waals surface area (Å²) in [7, 11) is 1.85. The van der Waals surface area contributed by atoms with Crippen molar-refractivity contribution in [2.24, 2.45) is 7.05 Å². The minimum Gasteiger partial charge on any atom is -0.383 e. The van der Waals surface area contributed by atoms with Gasteiger partial charge in [0.25, 0.3) is 0 Å². The highest BCUT2D eigenvalue weighted by atomic mass is 32.2. The summed E-state index contributed by atoms with van der Waals surface area (Å²) in [4.78, 5) is 1.27. The van der Waals surface area contributed by atoms with Gasteiger partial charge in [-0.3, -0.25) is 4.68 Å². The molecule has 0 aliphatic rings. The van der Waals surface area contributed by atoms with Crippen LogP contribution in [-0.4, -0.2) is 16.0 Å². The second kappa shape index (κ2) is 4.22. The van der Waals surface area contributed by atoms with E-state index in [1.165, 1.54) is 10.5 Å². The molecule has 2 N–H and O–H groups in total. The largest absolute Gasteiger partial charge is 0.383 e. The van der Waals surface area contributed by atoms with Crippen LogP contribution in [0.1, 0.15) is 5.56 Å². The zero-order valence-corrected chi connectivity index (χ0v) is 10.5. The normalized spacial score (nSPS) is 10.7. The third-order valence-corrected chi connectivity index (χ3v) is 3.43. The first-order chi connectivity index (χ1) is 7.63. The zero-order chi connectivity index (χ0) is 11.7. The van der Waals surface area contributed by atoms with Gasteiger partial charge in [-0.15, -0.1) is 11.8 Å². The molecular weight excluding hydrogens is 218 g/mol. The van der Waals surface area contributed by atoms with E-state index in [4.69, 9.17) is 5.73 Å². The fourth-order valence-electron chi connectivity index (χ4n) is 1.72. The Bertz CT molecular complexity index is 517. The van der Waals surface area contributed by atoms with Crippen molar-refractivity contribution >= 4 is 17.6 Å². The molecule has 3 nitrogen and oxygen atoms in total. The summed E-state index contributed by atoms with van der Waals surface area (Å²) >= 11 is 1.74. The first-order valence-electron chi connectivity index (χ1n) is 5.06. The number of benzene rings is 1. The molecule has 0 fully saturated rings. The highest BCUT2D eigenvalue weighted by Gasteiger charge is 2.09. The minimum atomic E-state index is 0.708. The molecule has 0 unspecified atom stereocenters. The van der Waals surface area contributed by atoms with E-state index in [9.17, 15) is 0 Å².